The zero-order valence-corrected chi connectivity index (χ0v) is 12.3. The van der Waals surface area contributed by atoms with Crippen LogP contribution in [0.4, 0.5) is 0 Å². The molecule has 1 aromatic rings. The number of carbonyl (C=O) groups excluding carboxylic acids is 2. The first kappa shape index (κ1) is 14.5. The maximum atomic E-state index is 12.6. The smallest absolute Gasteiger partial charge is 0.246 e. The van der Waals surface area contributed by atoms with E-state index in [2.05, 4.69) is 15.5 Å². The van der Waals surface area contributed by atoms with Gasteiger partial charge in [-0.3, -0.25) is 9.59 Å². The van der Waals surface area contributed by atoms with E-state index in [1.807, 2.05) is 20.8 Å². The molecule has 0 bridgehead atoms. The fourth-order valence-electron chi connectivity index (χ4n) is 2.14. The summed E-state index contributed by atoms with van der Waals surface area (Å²) in [5.74, 6) is 0.698. The second kappa shape index (κ2) is 5.22. The SMILES string of the molecule is Cc1noc(CN2CCC(=O)NC(C(C)(C)C)C2=O)n1. The van der Waals surface area contributed by atoms with E-state index < -0.39 is 6.04 Å². The van der Waals surface area contributed by atoms with Gasteiger partial charge in [-0.25, -0.2) is 0 Å². The van der Waals surface area contributed by atoms with Crippen molar-refractivity contribution in [3.63, 3.8) is 0 Å². The van der Waals surface area contributed by atoms with Crippen LogP contribution in [0.5, 0.6) is 0 Å². The van der Waals surface area contributed by atoms with E-state index in [9.17, 15) is 9.59 Å². The van der Waals surface area contributed by atoms with E-state index in [0.717, 1.165) is 0 Å². The number of carbonyl (C=O) groups is 2. The van der Waals surface area contributed by atoms with Gasteiger partial charge in [0.05, 0.1) is 0 Å². The summed E-state index contributed by atoms with van der Waals surface area (Å²) in [6.45, 7) is 8.10. The lowest BCUT2D eigenvalue weighted by Gasteiger charge is -2.31. The van der Waals surface area contributed by atoms with Gasteiger partial charge in [-0.15, -0.1) is 0 Å². The molecule has 1 fully saturated rings. The van der Waals surface area contributed by atoms with Gasteiger partial charge in [-0.1, -0.05) is 25.9 Å². The Morgan fingerprint density at radius 3 is 2.65 bits per heavy atom. The molecule has 20 heavy (non-hydrogen) atoms. The van der Waals surface area contributed by atoms with Gasteiger partial charge < -0.3 is 14.7 Å². The van der Waals surface area contributed by atoms with Crippen LogP contribution < -0.4 is 5.32 Å². The third-order valence-electron chi connectivity index (χ3n) is 3.23. The molecule has 1 atom stereocenters. The third kappa shape index (κ3) is 3.15. The Balaban J connectivity index is 2.19. The van der Waals surface area contributed by atoms with Crippen molar-refractivity contribution in [2.24, 2.45) is 5.41 Å². The lowest BCUT2D eigenvalue weighted by molar-refractivity contribution is -0.137. The quantitative estimate of drug-likeness (QED) is 0.859. The highest BCUT2D eigenvalue weighted by atomic mass is 16.5. The molecule has 1 unspecified atom stereocenters. The molecule has 0 saturated carbocycles. The molecule has 7 nitrogen and oxygen atoms in total. The predicted octanol–water partition coefficient (Wildman–Crippen LogP) is 0.641. The van der Waals surface area contributed by atoms with Gasteiger partial charge in [0, 0.05) is 13.0 Å². The fourth-order valence-corrected chi connectivity index (χ4v) is 2.14. The molecule has 0 spiro atoms. The zero-order chi connectivity index (χ0) is 14.9. The zero-order valence-electron chi connectivity index (χ0n) is 12.3. The first-order valence-electron chi connectivity index (χ1n) is 6.64. The third-order valence-corrected chi connectivity index (χ3v) is 3.23. The minimum absolute atomic E-state index is 0.109. The van der Waals surface area contributed by atoms with Crippen LogP contribution in [0.2, 0.25) is 0 Å². The molecule has 7 heteroatoms. The summed E-state index contributed by atoms with van der Waals surface area (Å²) in [6.07, 6.45) is 0.283. The van der Waals surface area contributed by atoms with E-state index in [-0.39, 0.29) is 30.2 Å². The van der Waals surface area contributed by atoms with E-state index >= 15 is 0 Å². The first-order chi connectivity index (χ1) is 9.27. The molecule has 0 aromatic carbocycles. The number of hydrogen-bond acceptors (Lipinski definition) is 5. The Morgan fingerprint density at radius 1 is 1.40 bits per heavy atom. The molecule has 2 heterocycles. The van der Waals surface area contributed by atoms with Crippen LogP contribution in [0.1, 0.15) is 38.9 Å². The number of nitrogens with zero attached hydrogens (tertiary/aromatic N) is 3. The fraction of sp³-hybridized carbons (Fsp3) is 0.692. The molecule has 1 aliphatic rings. The number of nitrogens with one attached hydrogen (secondary N) is 1. The van der Waals surface area contributed by atoms with E-state index in [1.165, 1.54) is 0 Å². The van der Waals surface area contributed by atoms with Gasteiger partial charge in [0.1, 0.15) is 12.6 Å². The highest BCUT2D eigenvalue weighted by Gasteiger charge is 2.38. The molecule has 1 aromatic heterocycles. The molecular weight excluding hydrogens is 260 g/mol. The molecule has 0 aliphatic carbocycles. The van der Waals surface area contributed by atoms with Gasteiger partial charge in [0.25, 0.3) is 0 Å². The average Bonchev–Trinajstić information content (AvgIpc) is 2.68. The van der Waals surface area contributed by atoms with Crippen molar-refractivity contribution in [2.75, 3.05) is 6.54 Å². The van der Waals surface area contributed by atoms with Crippen molar-refractivity contribution in [1.82, 2.24) is 20.4 Å². The summed E-state index contributed by atoms with van der Waals surface area (Å²) in [5.41, 5.74) is -0.347. The van der Waals surface area contributed by atoms with Crippen LogP contribution in [-0.2, 0) is 16.1 Å². The standard InChI is InChI=1S/C13H20N4O3/c1-8-14-10(20-16-8)7-17-6-5-9(18)15-11(12(17)19)13(2,3)4/h11H,5-7H2,1-4H3,(H,15,18). The summed E-state index contributed by atoms with van der Waals surface area (Å²) in [5, 5.41) is 6.50. The van der Waals surface area contributed by atoms with Crippen molar-refractivity contribution < 1.29 is 14.1 Å². The lowest BCUT2D eigenvalue weighted by atomic mass is 9.86. The van der Waals surface area contributed by atoms with Gasteiger partial charge >= 0.3 is 0 Å². The van der Waals surface area contributed by atoms with Crippen LogP contribution >= 0.6 is 0 Å². The van der Waals surface area contributed by atoms with Gasteiger partial charge in [-0.2, -0.15) is 4.98 Å². The van der Waals surface area contributed by atoms with Crippen LogP contribution in [0.15, 0.2) is 4.52 Å². The van der Waals surface area contributed by atoms with Gasteiger partial charge in [0.2, 0.25) is 17.7 Å². The molecule has 1 saturated heterocycles. The van der Waals surface area contributed by atoms with Crippen molar-refractivity contribution in [3.05, 3.63) is 11.7 Å². The number of hydrogen-bond donors (Lipinski definition) is 1. The van der Waals surface area contributed by atoms with Crippen LogP contribution in [-0.4, -0.2) is 39.4 Å². The minimum Gasteiger partial charge on any atom is -0.344 e. The average molecular weight is 280 g/mol. The molecule has 110 valence electrons. The van der Waals surface area contributed by atoms with Crippen molar-refractivity contribution in [1.29, 1.82) is 0 Å². The summed E-state index contributed by atoms with van der Waals surface area (Å²) in [6, 6.07) is -0.540. The van der Waals surface area contributed by atoms with Crippen molar-refractivity contribution in [2.45, 2.75) is 46.7 Å². The summed E-state index contributed by atoms with van der Waals surface area (Å²) < 4.78 is 5.04. The predicted molar refractivity (Wildman–Crippen MR) is 70.5 cm³/mol. The number of amides is 2. The summed E-state index contributed by atoms with van der Waals surface area (Å²) in [7, 11) is 0. The van der Waals surface area contributed by atoms with Gasteiger partial charge in [0.15, 0.2) is 5.82 Å². The summed E-state index contributed by atoms with van der Waals surface area (Å²) >= 11 is 0. The second-order valence-electron chi connectivity index (χ2n) is 6.11. The lowest BCUT2D eigenvalue weighted by Crippen LogP contribution is -2.51. The largest absolute Gasteiger partial charge is 0.344 e. The highest BCUT2D eigenvalue weighted by molar-refractivity contribution is 5.90. The highest BCUT2D eigenvalue weighted by Crippen LogP contribution is 2.23. The van der Waals surface area contributed by atoms with Crippen LogP contribution in [0.25, 0.3) is 0 Å². The normalized spacial score (nSPS) is 20.8. The number of rotatable bonds is 2. The maximum Gasteiger partial charge on any atom is 0.246 e. The Hall–Kier alpha value is -1.92. The minimum atomic E-state index is -0.540. The van der Waals surface area contributed by atoms with Crippen LogP contribution in [0.3, 0.4) is 0 Å². The topological polar surface area (TPSA) is 88.3 Å². The monoisotopic (exact) mass is 280 g/mol. The maximum absolute atomic E-state index is 12.6. The Labute approximate surface area is 117 Å². The molecule has 1 aliphatic heterocycles. The van der Waals surface area contributed by atoms with Crippen LogP contribution in [0, 0.1) is 12.3 Å². The Morgan fingerprint density at radius 2 is 2.10 bits per heavy atom. The first-order valence-corrected chi connectivity index (χ1v) is 6.64. The molecule has 2 amide bonds. The molecular formula is C13H20N4O3. The van der Waals surface area contributed by atoms with Gasteiger partial charge in [-0.05, 0) is 12.3 Å². The molecule has 0 radical (unpaired) electrons. The summed E-state index contributed by atoms with van der Waals surface area (Å²) in [4.78, 5) is 30.0. The molecule has 2 rings (SSSR count). The number of aryl methyl sites for hydroxylation is 1. The Bertz CT molecular complexity index is 518. The van der Waals surface area contributed by atoms with E-state index in [4.69, 9.17) is 4.52 Å². The molecule has 1 N–H and O–H groups in total. The second-order valence-corrected chi connectivity index (χ2v) is 6.11. The van der Waals surface area contributed by atoms with E-state index in [0.29, 0.717) is 18.3 Å². The van der Waals surface area contributed by atoms with Crippen molar-refractivity contribution >= 4 is 11.8 Å². The number of aromatic nitrogens is 2. The van der Waals surface area contributed by atoms with E-state index in [1.54, 1.807) is 11.8 Å². The Kier molecular flexibility index (Phi) is 3.78. The van der Waals surface area contributed by atoms with Crippen molar-refractivity contribution in [3.8, 4) is 0 Å².